The number of hydrogen-bond acceptors (Lipinski definition) is 10. The second-order valence-electron chi connectivity index (χ2n) is 8.01. The first kappa shape index (κ1) is 24.9. The molecule has 0 bridgehead atoms. The van der Waals surface area contributed by atoms with Crippen molar-refractivity contribution in [2.75, 3.05) is 24.7 Å². The van der Waals surface area contributed by atoms with E-state index in [1.54, 1.807) is 0 Å². The van der Waals surface area contributed by atoms with Crippen molar-refractivity contribution in [1.29, 1.82) is 0 Å². The molecule has 31 heavy (non-hydrogen) atoms. The first-order valence-electron chi connectivity index (χ1n) is 10.7. The lowest BCUT2D eigenvalue weighted by Gasteiger charge is -2.39. The van der Waals surface area contributed by atoms with Crippen molar-refractivity contribution in [3.05, 3.63) is 0 Å². The standard InChI is InChI=1S/C19H32N2O8S2/c22-8-11-15(24)16(25)17(26)18(29-11)30-7-3-6-28-13(23)5-2-1-4-12-14-10(9-31-12)20-19(27)21-14/h10-12,14-18,22,24-26H,1-9H2,(H2,20,21,27)/t10-,11+,12-,14-,15+,16-,17+,18-/m0/s1. The molecular weight excluding hydrogens is 448 g/mol. The summed E-state index contributed by atoms with van der Waals surface area (Å²) in [5.74, 6) is 1.21. The van der Waals surface area contributed by atoms with Crippen LogP contribution in [0.3, 0.4) is 0 Å². The number of rotatable bonds is 11. The van der Waals surface area contributed by atoms with E-state index in [4.69, 9.17) is 9.47 Å². The number of urea groups is 1. The van der Waals surface area contributed by atoms with Crippen molar-refractivity contribution in [2.45, 2.75) is 79.3 Å². The van der Waals surface area contributed by atoms with Gasteiger partial charge in [-0.05, 0) is 25.0 Å². The maximum atomic E-state index is 11.9. The molecule has 12 heteroatoms. The van der Waals surface area contributed by atoms with Crippen LogP contribution in [0, 0.1) is 0 Å². The van der Waals surface area contributed by atoms with E-state index in [9.17, 15) is 30.0 Å². The van der Waals surface area contributed by atoms with Crippen molar-refractivity contribution < 1.29 is 39.5 Å². The molecule has 0 aliphatic carbocycles. The van der Waals surface area contributed by atoms with Crippen molar-refractivity contribution in [1.82, 2.24) is 10.6 Å². The second kappa shape index (κ2) is 11.9. The summed E-state index contributed by atoms with van der Waals surface area (Å²) in [6.45, 7) is -0.199. The smallest absolute Gasteiger partial charge is 0.315 e. The summed E-state index contributed by atoms with van der Waals surface area (Å²) < 4.78 is 10.7. The number of aliphatic hydroxyl groups is 4. The van der Waals surface area contributed by atoms with E-state index in [1.165, 1.54) is 11.8 Å². The highest BCUT2D eigenvalue weighted by Gasteiger charge is 2.44. The number of amides is 2. The third-order valence-corrected chi connectivity index (χ3v) is 8.49. The molecule has 8 atom stereocenters. The minimum absolute atomic E-state index is 0.0893. The Morgan fingerprint density at radius 3 is 2.74 bits per heavy atom. The number of unbranched alkanes of at least 4 members (excludes halogenated alkanes) is 1. The van der Waals surface area contributed by atoms with Crippen LogP contribution < -0.4 is 10.6 Å². The van der Waals surface area contributed by atoms with E-state index in [2.05, 4.69) is 10.6 Å². The quantitative estimate of drug-likeness (QED) is 0.125. The zero-order valence-electron chi connectivity index (χ0n) is 17.2. The molecule has 3 fully saturated rings. The zero-order chi connectivity index (χ0) is 22.4. The number of fused-ring (bicyclic) bond motifs is 1. The molecule has 0 aromatic heterocycles. The average molecular weight is 481 g/mol. The number of carbonyl (C=O) groups is 2. The highest BCUT2D eigenvalue weighted by Crippen LogP contribution is 2.33. The van der Waals surface area contributed by atoms with Crippen molar-refractivity contribution in [2.24, 2.45) is 0 Å². The molecule has 0 aromatic rings. The zero-order valence-corrected chi connectivity index (χ0v) is 18.9. The summed E-state index contributed by atoms with van der Waals surface area (Å²) in [7, 11) is 0. The molecule has 0 aromatic carbocycles. The third-order valence-electron chi connectivity index (χ3n) is 5.74. The molecule has 3 heterocycles. The predicted molar refractivity (Wildman–Crippen MR) is 116 cm³/mol. The Balaban J connectivity index is 1.21. The van der Waals surface area contributed by atoms with Crippen LogP contribution in [0.4, 0.5) is 4.79 Å². The van der Waals surface area contributed by atoms with Crippen LogP contribution in [0.5, 0.6) is 0 Å². The van der Waals surface area contributed by atoms with Gasteiger partial charge >= 0.3 is 12.0 Å². The van der Waals surface area contributed by atoms with Gasteiger partial charge in [-0.25, -0.2) is 4.79 Å². The number of thioether (sulfide) groups is 2. The minimum Gasteiger partial charge on any atom is -0.466 e. The van der Waals surface area contributed by atoms with Crippen molar-refractivity contribution in [3.63, 3.8) is 0 Å². The number of esters is 1. The Hall–Kier alpha value is -0.760. The van der Waals surface area contributed by atoms with Gasteiger partial charge < -0.3 is 40.5 Å². The fourth-order valence-corrected chi connectivity index (χ4v) is 6.62. The third kappa shape index (κ3) is 6.62. The summed E-state index contributed by atoms with van der Waals surface area (Å²) in [5, 5.41) is 45.0. The number of ether oxygens (including phenoxy) is 2. The normalized spacial score (nSPS) is 37.2. The lowest BCUT2D eigenvalue weighted by atomic mass is 10.0. The summed E-state index contributed by atoms with van der Waals surface area (Å²) in [6, 6.07) is 0.313. The Morgan fingerprint density at radius 1 is 1.16 bits per heavy atom. The fraction of sp³-hybridized carbons (Fsp3) is 0.895. The molecule has 10 nitrogen and oxygen atoms in total. The lowest BCUT2D eigenvalue weighted by Crippen LogP contribution is -2.57. The SMILES string of the molecule is O=C1N[C@H]2[C@H](CS[C@H]2CCCCC(=O)OCCCS[C@@H]2O[C@H](CO)[C@@H](O)[C@H](O)[C@H]2O)N1. The van der Waals surface area contributed by atoms with Gasteiger partial charge in [-0.3, -0.25) is 4.79 Å². The van der Waals surface area contributed by atoms with Crippen LogP contribution in [0.1, 0.15) is 32.1 Å². The van der Waals surface area contributed by atoms with Gasteiger partial charge in [0, 0.05) is 17.4 Å². The highest BCUT2D eigenvalue weighted by atomic mass is 32.2. The molecule has 2 amide bonds. The minimum atomic E-state index is -1.38. The molecule has 3 aliphatic heterocycles. The van der Waals surface area contributed by atoms with Gasteiger partial charge in [0.15, 0.2) is 0 Å². The number of nitrogens with one attached hydrogen (secondary N) is 2. The van der Waals surface area contributed by atoms with E-state index in [0.29, 0.717) is 23.8 Å². The van der Waals surface area contributed by atoms with Crippen molar-refractivity contribution in [3.8, 4) is 0 Å². The van der Waals surface area contributed by atoms with Crippen LogP contribution in [0.25, 0.3) is 0 Å². The average Bonchev–Trinajstić information content (AvgIpc) is 3.30. The van der Waals surface area contributed by atoms with Gasteiger partial charge in [-0.15, -0.1) is 11.8 Å². The second-order valence-corrected chi connectivity index (χ2v) is 10.5. The van der Waals surface area contributed by atoms with Crippen LogP contribution in [-0.2, 0) is 14.3 Å². The van der Waals surface area contributed by atoms with Crippen LogP contribution in [-0.4, -0.2) is 104 Å². The van der Waals surface area contributed by atoms with Gasteiger partial charge in [0.05, 0.1) is 25.3 Å². The Kier molecular flexibility index (Phi) is 9.56. The first-order valence-corrected chi connectivity index (χ1v) is 12.8. The molecule has 0 saturated carbocycles. The van der Waals surface area contributed by atoms with Gasteiger partial charge in [-0.1, -0.05) is 6.42 Å². The summed E-state index contributed by atoms with van der Waals surface area (Å²) >= 11 is 3.10. The van der Waals surface area contributed by atoms with Crippen LogP contribution in [0.15, 0.2) is 0 Å². The molecule has 178 valence electrons. The van der Waals surface area contributed by atoms with Crippen LogP contribution >= 0.6 is 23.5 Å². The lowest BCUT2D eigenvalue weighted by molar-refractivity contribution is -0.205. The molecule has 3 saturated heterocycles. The summed E-state index contributed by atoms with van der Waals surface area (Å²) in [5.41, 5.74) is -0.765. The van der Waals surface area contributed by atoms with Crippen LogP contribution in [0.2, 0.25) is 0 Å². The van der Waals surface area contributed by atoms with Gasteiger partial charge in [0.2, 0.25) is 0 Å². The van der Waals surface area contributed by atoms with E-state index in [0.717, 1.165) is 25.0 Å². The topological polar surface area (TPSA) is 158 Å². The first-order chi connectivity index (χ1) is 14.9. The maximum Gasteiger partial charge on any atom is 0.315 e. The van der Waals surface area contributed by atoms with Gasteiger partial charge in [0.25, 0.3) is 0 Å². The predicted octanol–water partition coefficient (Wildman–Crippen LogP) is -0.821. The number of hydrogen-bond donors (Lipinski definition) is 6. The van der Waals surface area contributed by atoms with E-state index in [1.807, 2.05) is 11.8 Å². The molecule has 0 radical (unpaired) electrons. The van der Waals surface area contributed by atoms with Gasteiger partial charge in [-0.2, -0.15) is 11.8 Å². The van der Waals surface area contributed by atoms with E-state index < -0.39 is 36.5 Å². The Labute approximate surface area is 189 Å². The maximum absolute atomic E-state index is 11.9. The van der Waals surface area contributed by atoms with Gasteiger partial charge in [0.1, 0.15) is 29.9 Å². The highest BCUT2D eigenvalue weighted by molar-refractivity contribution is 8.00. The molecule has 6 N–H and O–H groups in total. The van der Waals surface area contributed by atoms with Crippen molar-refractivity contribution >= 4 is 35.5 Å². The molecule has 3 aliphatic rings. The molecule has 0 unspecified atom stereocenters. The Morgan fingerprint density at radius 2 is 1.97 bits per heavy atom. The number of aliphatic hydroxyl groups excluding tert-OH is 4. The van der Waals surface area contributed by atoms with E-state index in [-0.39, 0.29) is 30.7 Å². The van der Waals surface area contributed by atoms with E-state index >= 15 is 0 Å². The molecular formula is C19H32N2O8S2. The fourth-order valence-electron chi connectivity index (χ4n) is 3.98. The molecule has 3 rings (SSSR count). The number of carbonyl (C=O) groups excluding carboxylic acids is 2. The monoisotopic (exact) mass is 480 g/mol. The summed E-state index contributed by atoms with van der Waals surface area (Å²) in [4.78, 5) is 23.3. The largest absolute Gasteiger partial charge is 0.466 e. The molecule has 0 spiro atoms. The Bertz CT molecular complexity index is 613. The summed E-state index contributed by atoms with van der Waals surface area (Å²) in [6.07, 6.45) is -1.40.